The summed E-state index contributed by atoms with van der Waals surface area (Å²) in [7, 11) is 0. The maximum atomic E-state index is 13.5. The average Bonchev–Trinajstić information content (AvgIpc) is 3.43. The van der Waals surface area contributed by atoms with Crippen molar-refractivity contribution in [2.75, 3.05) is 0 Å². The molecule has 0 spiro atoms. The van der Waals surface area contributed by atoms with Gasteiger partial charge in [-0.2, -0.15) is 23.4 Å². The van der Waals surface area contributed by atoms with Crippen molar-refractivity contribution >= 4 is 40.9 Å². The fourth-order valence-corrected chi connectivity index (χ4v) is 5.22. The lowest BCUT2D eigenvalue weighted by atomic mass is 9.77. The molecule has 1 aliphatic carbocycles. The quantitative estimate of drug-likeness (QED) is 0.343. The molecule has 2 aliphatic rings. The summed E-state index contributed by atoms with van der Waals surface area (Å²) in [4.78, 5) is 13.5. The minimum absolute atomic E-state index is 0.0538. The Kier molecular flexibility index (Phi) is 6.89. The van der Waals surface area contributed by atoms with E-state index in [0.29, 0.717) is 10.0 Å². The van der Waals surface area contributed by atoms with Crippen molar-refractivity contribution < 1.29 is 18.0 Å². The van der Waals surface area contributed by atoms with Crippen molar-refractivity contribution in [2.45, 2.75) is 44.9 Å². The molecular formula is C27H23Cl2F3N4O. The van der Waals surface area contributed by atoms with Gasteiger partial charge in [-0.3, -0.25) is 9.48 Å². The lowest BCUT2D eigenvalue weighted by Gasteiger charge is -2.29. The first-order valence-corrected chi connectivity index (χ1v) is 12.6. The number of amides is 1. The van der Waals surface area contributed by atoms with Crippen LogP contribution < -0.4 is 0 Å². The number of rotatable bonds is 4. The molecule has 0 radical (unpaired) electrons. The van der Waals surface area contributed by atoms with Gasteiger partial charge in [-0.1, -0.05) is 47.5 Å². The second kappa shape index (κ2) is 9.99. The Bertz CT molecular complexity index is 1380. The molecule has 1 saturated carbocycles. The van der Waals surface area contributed by atoms with E-state index >= 15 is 0 Å². The van der Waals surface area contributed by atoms with Crippen LogP contribution in [0.4, 0.5) is 13.2 Å². The molecule has 1 aromatic heterocycles. The lowest BCUT2D eigenvalue weighted by molar-refractivity contribution is -0.142. The molecule has 2 heterocycles. The molecule has 2 atom stereocenters. The van der Waals surface area contributed by atoms with E-state index in [0.717, 1.165) is 52.4 Å². The van der Waals surface area contributed by atoms with Crippen LogP contribution in [-0.2, 0) is 17.5 Å². The maximum Gasteiger partial charge on any atom is 0.435 e. The summed E-state index contributed by atoms with van der Waals surface area (Å²) in [6.45, 7) is 1.14. The van der Waals surface area contributed by atoms with Gasteiger partial charge in [-0.25, -0.2) is 5.01 Å². The van der Waals surface area contributed by atoms with Crippen LogP contribution in [0.25, 0.3) is 6.08 Å². The summed E-state index contributed by atoms with van der Waals surface area (Å²) in [5.74, 6) is -0.491. The minimum Gasteiger partial charge on any atom is -0.271 e. The van der Waals surface area contributed by atoms with Crippen molar-refractivity contribution in [3.8, 4) is 0 Å². The van der Waals surface area contributed by atoms with E-state index in [-0.39, 0.29) is 18.2 Å². The molecule has 0 N–H and O–H groups in total. The maximum absolute atomic E-state index is 13.5. The molecule has 1 amide bonds. The van der Waals surface area contributed by atoms with Gasteiger partial charge in [0.15, 0.2) is 5.69 Å². The fraction of sp³-hybridized carbons (Fsp3) is 0.296. The number of nitrogens with zero attached hydrogens (tertiary/aromatic N) is 4. The van der Waals surface area contributed by atoms with Crippen LogP contribution in [0.2, 0.25) is 10.0 Å². The number of benzene rings is 2. The first kappa shape index (κ1) is 25.5. The number of hydrazone groups is 1. The predicted molar refractivity (Wildman–Crippen MR) is 137 cm³/mol. The molecule has 10 heteroatoms. The van der Waals surface area contributed by atoms with Crippen molar-refractivity contribution in [1.82, 2.24) is 14.8 Å². The molecular weight excluding hydrogens is 524 g/mol. The normalized spacial score (nSPS) is 20.8. The zero-order chi connectivity index (χ0) is 26.3. The van der Waals surface area contributed by atoms with Crippen molar-refractivity contribution in [3.63, 3.8) is 0 Å². The second-order valence-electron chi connectivity index (χ2n) is 9.27. The van der Waals surface area contributed by atoms with E-state index in [9.17, 15) is 18.0 Å². The highest BCUT2D eigenvalue weighted by atomic mass is 35.5. The predicted octanol–water partition coefficient (Wildman–Crippen LogP) is 7.34. The van der Waals surface area contributed by atoms with Crippen LogP contribution >= 0.6 is 23.2 Å². The van der Waals surface area contributed by atoms with Crippen LogP contribution in [-0.4, -0.2) is 26.4 Å². The smallest absolute Gasteiger partial charge is 0.271 e. The lowest BCUT2D eigenvalue weighted by Crippen LogP contribution is -2.34. The van der Waals surface area contributed by atoms with Crippen molar-refractivity contribution in [2.24, 2.45) is 11.0 Å². The SMILES string of the molecule is Cc1cc(C(F)(F)F)nn1CC(=O)N1N=C2/C(=C/c3ccc(Cl)cc3)CCC[C@@H]2[C@H]1c1ccc(Cl)cc1. The van der Waals surface area contributed by atoms with Gasteiger partial charge in [0.2, 0.25) is 0 Å². The Morgan fingerprint density at radius 1 is 1.08 bits per heavy atom. The highest BCUT2D eigenvalue weighted by Gasteiger charge is 2.44. The number of aromatic nitrogens is 2. The molecule has 2 aromatic carbocycles. The number of halogens is 5. The highest BCUT2D eigenvalue weighted by molar-refractivity contribution is 6.30. The largest absolute Gasteiger partial charge is 0.435 e. The van der Waals surface area contributed by atoms with E-state index in [1.54, 1.807) is 12.1 Å². The Balaban J connectivity index is 1.51. The van der Waals surface area contributed by atoms with E-state index in [4.69, 9.17) is 28.3 Å². The number of carbonyl (C=O) groups is 1. The number of allylic oxidation sites excluding steroid dienone is 1. The summed E-state index contributed by atoms with van der Waals surface area (Å²) in [5.41, 5.74) is 2.91. The molecule has 192 valence electrons. The molecule has 5 nitrogen and oxygen atoms in total. The number of alkyl halides is 3. The molecule has 0 unspecified atom stereocenters. The fourth-order valence-electron chi connectivity index (χ4n) is 4.97. The molecule has 3 aromatic rings. The average molecular weight is 547 g/mol. The summed E-state index contributed by atoms with van der Waals surface area (Å²) in [6.07, 6.45) is 0.0202. The number of aryl methyl sites for hydroxylation is 1. The zero-order valence-corrected chi connectivity index (χ0v) is 21.4. The van der Waals surface area contributed by atoms with E-state index in [1.165, 1.54) is 11.9 Å². The second-order valence-corrected chi connectivity index (χ2v) is 10.1. The molecule has 1 aliphatic heterocycles. The third-order valence-electron chi connectivity index (χ3n) is 6.74. The summed E-state index contributed by atoms with van der Waals surface area (Å²) in [6, 6.07) is 15.3. The molecule has 37 heavy (non-hydrogen) atoms. The molecule has 1 fully saturated rings. The first-order chi connectivity index (χ1) is 17.6. The Labute approximate surface area is 222 Å². The van der Waals surface area contributed by atoms with Gasteiger partial charge in [-0.05, 0) is 79.3 Å². The highest BCUT2D eigenvalue weighted by Crippen LogP contribution is 2.44. The van der Waals surface area contributed by atoms with E-state index in [2.05, 4.69) is 11.2 Å². The number of carbonyl (C=O) groups excluding carboxylic acids is 1. The molecule has 0 saturated heterocycles. The van der Waals surface area contributed by atoms with Gasteiger partial charge in [0.25, 0.3) is 5.91 Å². The number of hydrogen-bond donors (Lipinski definition) is 0. The third kappa shape index (κ3) is 5.31. The molecule has 0 bridgehead atoms. The first-order valence-electron chi connectivity index (χ1n) is 11.8. The van der Waals surface area contributed by atoms with Crippen LogP contribution in [0.5, 0.6) is 0 Å². The Hall–Kier alpha value is -3.10. The van der Waals surface area contributed by atoms with Gasteiger partial charge in [0, 0.05) is 21.7 Å². The third-order valence-corrected chi connectivity index (χ3v) is 7.24. The molecule has 5 rings (SSSR count). The van der Waals surface area contributed by atoms with Crippen molar-refractivity contribution in [3.05, 3.63) is 92.7 Å². The van der Waals surface area contributed by atoms with E-state index in [1.807, 2.05) is 36.4 Å². The zero-order valence-electron chi connectivity index (χ0n) is 19.8. The van der Waals surface area contributed by atoms with Gasteiger partial charge >= 0.3 is 6.18 Å². The number of hydrogen-bond acceptors (Lipinski definition) is 3. The van der Waals surface area contributed by atoms with Crippen LogP contribution in [0.1, 0.15) is 47.8 Å². The topological polar surface area (TPSA) is 50.5 Å². The van der Waals surface area contributed by atoms with Crippen LogP contribution in [0.3, 0.4) is 0 Å². The summed E-state index contributed by atoms with van der Waals surface area (Å²) in [5, 5.41) is 11.0. The standard InChI is InChI=1S/C27H23Cl2F3N4O/c1-16-13-23(27(30,31)32)33-35(16)15-24(37)36-26(18-7-11-21(29)12-8-18)22-4-2-3-19(25(22)34-36)14-17-5-9-20(28)10-6-17/h5-14,22,26H,2-4,15H2,1H3/b19-14+/t22-,26+/m0/s1. The summed E-state index contributed by atoms with van der Waals surface area (Å²) >= 11 is 12.1. The Morgan fingerprint density at radius 2 is 1.73 bits per heavy atom. The van der Waals surface area contributed by atoms with Crippen LogP contribution in [0.15, 0.2) is 65.3 Å². The van der Waals surface area contributed by atoms with Gasteiger partial charge in [0.05, 0.1) is 11.8 Å². The van der Waals surface area contributed by atoms with Gasteiger partial charge in [-0.15, -0.1) is 0 Å². The summed E-state index contributed by atoms with van der Waals surface area (Å²) < 4.78 is 40.6. The number of fused-ring (bicyclic) bond motifs is 1. The van der Waals surface area contributed by atoms with Crippen LogP contribution in [0, 0.1) is 12.8 Å². The van der Waals surface area contributed by atoms with Crippen molar-refractivity contribution in [1.29, 1.82) is 0 Å². The Morgan fingerprint density at radius 3 is 2.35 bits per heavy atom. The monoisotopic (exact) mass is 546 g/mol. The minimum atomic E-state index is -4.59. The van der Waals surface area contributed by atoms with Gasteiger partial charge < -0.3 is 0 Å². The van der Waals surface area contributed by atoms with Gasteiger partial charge in [0.1, 0.15) is 6.54 Å². The van der Waals surface area contributed by atoms with E-state index < -0.39 is 23.8 Å².